The number of hydrogen-bond acceptors (Lipinski definition) is 5. The van der Waals surface area contributed by atoms with Gasteiger partial charge in [0.05, 0.1) is 18.8 Å². The fourth-order valence-corrected chi connectivity index (χ4v) is 1.99. The molecule has 6 nitrogen and oxygen atoms in total. The number of aryl methyl sites for hydroxylation is 1. The topological polar surface area (TPSA) is 75.7 Å². The van der Waals surface area contributed by atoms with E-state index in [0.29, 0.717) is 11.6 Å². The van der Waals surface area contributed by atoms with Crippen LogP contribution in [0, 0.1) is 0 Å². The molecule has 20 heavy (non-hydrogen) atoms. The fraction of sp³-hybridized carbons (Fsp3) is 0.214. The molecule has 1 aromatic carbocycles. The molecular formula is C14H15N5O. The number of nitrogens with one attached hydrogen (secondary N) is 2. The Morgan fingerprint density at radius 3 is 2.90 bits per heavy atom. The highest BCUT2D eigenvalue weighted by Gasteiger charge is 2.11. The molecule has 0 radical (unpaired) electrons. The first-order valence-corrected chi connectivity index (χ1v) is 6.42. The van der Waals surface area contributed by atoms with Gasteiger partial charge in [-0.1, -0.05) is 19.1 Å². The number of methoxy groups -OCH3 is 1. The van der Waals surface area contributed by atoms with Crippen LogP contribution in [0.15, 0.2) is 30.5 Å². The van der Waals surface area contributed by atoms with Crippen molar-refractivity contribution >= 4 is 22.5 Å². The van der Waals surface area contributed by atoms with Crippen LogP contribution in [-0.2, 0) is 6.42 Å². The van der Waals surface area contributed by atoms with Gasteiger partial charge < -0.3 is 10.1 Å². The SMILES string of the molecule is CCc1ncc(OC)c(Nc2n[nH]c3ccccc23)n1. The molecule has 0 aliphatic rings. The number of para-hydroxylation sites is 1. The number of rotatable bonds is 4. The first-order valence-electron chi connectivity index (χ1n) is 6.42. The maximum Gasteiger partial charge on any atom is 0.179 e. The quantitative estimate of drug-likeness (QED) is 0.761. The zero-order valence-electron chi connectivity index (χ0n) is 11.3. The van der Waals surface area contributed by atoms with Gasteiger partial charge >= 0.3 is 0 Å². The average molecular weight is 269 g/mol. The Labute approximate surface area is 116 Å². The molecule has 0 fully saturated rings. The summed E-state index contributed by atoms with van der Waals surface area (Å²) in [4.78, 5) is 8.66. The molecule has 3 rings (SSSR count). The van der Waals surface area contributed by atoms with E-state index < -0.39 is 0 Å². The smallest absolute Gasteiger partial charge is 0.179 e. The molecule has 0 spiro atoms. The van der Waals surface area contributed by atoms with Gasteiger partial charge in [0.1, 0.15) is 5.82 Å². The van der Waals surface area contributed by atoms with Gasteiger partial charge in [0, 0.05) is 11.8 Å². The standard InChI is InChI=1S/C14H15N5O/c1-3-12-15-8-11(20-2)14(16-12)17-13-9-6-4-5-7-10(9)18-19-13/h4-8H,3H2,1-2H3,(H2,15,16,17,18,19). The van der Waals surface area contributed by atoms with E-state index in [1.165, 1.54) is 0 Å². The lowest BCUT2D eigenvalue weighted by Crippen LogP contribution is -2.02. The predicted molar refractivity (Wildman–Crippen MR) is 77.3 cm³/mol. The summed E-state index contributed by atoms with van der Waals surface area (Å²) in [5, 5.41) is 11.5. The summed E-state index contributed by atoms with van der Waals surface area (Å²) in [6.45, 7) is 2.01. The number of anilines is 2. The number of fused-ring (bicyclic) bond motifs is 1. The van der Waals surface area contributed by atoms with Crippen molar-refractivity contribution in [2.75, 3.05) is 12.4 Å². The minimum absolute atomic E-state index is 0.592. The Hall–Kier alpha value is -2.63. The van der Waals surface area contributed by atoms with E-state index in [4.69, 9.17) is 4.74 Å². The van der Waals surface area contributed by atoms with Crippen molar-refractivity contribution in [3.05, 3.63) is 36.3 Å². The Morgan fingerprint density at radius 2 is 2.10 bits per heavy atom. The number of ether oxygens (including phenoxy) is 1. The zero-order valence-corrected chi connectivity index (χ0v) is 11.3. The molecule has 2 heterocycles. The number of nitrogens with zero attached hydrogens (tertiary/aromatic N) is 3. The summed E-state index contributed by atoms with van der Waals surface area (Å²) in [5.74, 6) is 2.69. The van der Waals surface area contributed by atoms with Crippen LogP contribution in [0.4, 0.5) is 11.6 Å². The van der Waals surface area contributed by atoms with Crippen LogP contribution in [-0.4, -0.2) is 27.3 Å². The van der Waals surface area contributed by atoms with Gasteiger partial charge in [-0.3, -0.25) is 5.10 Å². The summed E-state index contributed by atoms with van der Waals surface area (Å²) in [6, 6.07) is 7.90. The van der Waals surface area contributed by atoms with Crippen molar-refractivity contribution in [1.29, 1.82) is 0 Å². The summed E-state index contributed by atoms with van der Waals surface area (Å²) in [7, 11) is 1.60. The van der Waals surface area contributed by atoms with Crippen molar-refractivity contribution in [1.82, 2.24) is 20.2 Å². The Bertz CT molecular complexity index is 737. The molecule has 3 aromatic rings. The second kappa shape index (κ2) is 5.16. The molecule has 0 saturated heterocycles. The third-order valence-corrected chi connectivity index (χ3v) is 3.05. The summed E-state index contributed by atoms with van der Waals surface area (Å²) < 4.78 is 5.28. The van der Waals surface area contributed by atoms with Crippen LogP contribution in [0.5, 0.6) is 5.75 Å². The maximum absolute atomic E-state index is 5.28. The van der Waals surface area contributed by atoms with E-state index in [9.17, 15) is 0 Å². The van der Waals surface area contributed by atoms with Crippen molar-refractivity contribution in [3.8, 4) is 5.75 Å². The average Bonchev–Trinajstić information content (AvgIpc) is 2.90. The van der Waals surface area contributed by atoms with Crippen molar-refractivity contribution < 1.29 is 4.74 Å². The molecule has 102 valence electrons. The van der Waals surface area contributed by atoms with Crippen molar-refractivity contribution in [3.63, 3.8) is 0 Å². The number of hydrogen-bond donors (Lipinski definition) is 2. The highest BCUT2D eigenvalue weighted by molar-refractivity contribution is 5.91. The molecule has 0 amide bonds. The minimum atomic E-state index is 0.592. The molecule has 2 N–H and O–H groups in total. The number of aromatic nitrogens is 4. The molecule has 6 heteroatoms. The van der Waals surface area contributed by atoms with Gasteiger partial charge in [0.15, 0.2) is 17.4 Å². The Kier molecular flexibility index (Phi) is 3.20. The lowest BCUT2D eigenvalue weighted by molar-refractivity contribution is 0.412. The molecule has 0 aliphatic carbocycles. The van der Waals surface area contributed by atoms with Gasteiger partial charge in [0.25, 0.3) is 0 Å². The van der Waals surface area contributed by atoms with Gasteiger partial charge in [-0.05, 0) is 12.1 Å². The van der Waals surface area contributed by atoms with E-state index >= 15 is 0 Å². The Balaban J connectivity index is 2.01. The molecule has 0 bridgehead atoms. The molecule has 0 saturated carbocycles. The third kappa shape index (κ3) is 2.16. The lowest BCUT2D eigenvalue weighted by atomic mass is 10.2. The van der Waals surface area contributed by atoms with Crippen LogP contribution in [0.3, 0.4) is 0 Å². The van der Waals surface area contributed by atoms with Crippen LogP contribution in [0.1, 0.15) is 12.7 Å². The third-order valence-electron chi connectivity index (χ3n) is 3.05. The predicted octanol–water partition coefficient (Wildman–Crippen LogP) is 2.67. The van der Waals surface area contributed by atoms with E-state index in [1.54, 1.807) is 13.3 Å². The number of H-pyrrole nitrogens is 1. The highest BCUT2D eigenvalue weighted by Crippen LogP contribution is 2.27. The van der Waals surface area contributed by atoms with Crippen molar-refractivity contribution in [2.24, 2.45) is 0 Å². The monoisotopic (exact) mass is 269 g/mol. The van der Waals surface area contributed by atoms with Gasteiger partial charge in [-0.25, -0.2) is 9.97 Å². The van der Waals surface area contributed by atoms with Gasteiger partial charge in [-0.2, -0.15) is 5.10 Å². The minimum Gasteiger partial charge on any atom is -0.491 e. The normalized spacial score (nSPS) is 10.7. The molecule has 0 aliphatic heterocycles. The molecule has 2 aromatic heterocycles. The fourth-order valence-electron chi connectivity index (χ4n) is 1.99. The maximum atomic E-state index is 5.28. The van der Waals surface area contributed by atoms with E-state index in [1.807, 2.05) is 31.2 Å². The second-order valence-electron chi connectivity index (χ2n) is 4.30. The highest BCUT2D eigenvalue weighted by atomic mass is 16.5. The van der Waals surface area contributed by atoms with E-state index in [2.05, 4.69) is 25.5 Å². The van der Waals surface area contributed by atoms with Gasteiger partial charge in [-0.15, -0.1) is 0 Å². The second-order valence-corrected chi connectivity index (χ2v) is 4.30. The van der Waals surface area contributed by atoms with Crippen LogP contribution in [0.25, 0.3) is 10.9 Å². The van der Waals surface area contributed by atoms with Crippen molar-refractivity contribution in [2.45, 2.75) is 13.3 Å². The lowest BCUT2D eigenvalue weighted by Gasteiger charge is -2.09. The molecular weight excluding hydrogens is 254 g/mol. The summed E-state index contributed by atoms with van der Waals surface area (Å²) in [5.41, 5.74) is 0.971. The zero-order chi connectivity index (χ0) is 13.9. The Morgan fingerprint density at radius 1 is 1.25 bits per heavy atom. The number of aromatic amines is 1. The van der Waals surface area contributed by atoms with E-state index in [0.717, 1.165) is 29.0 Å². The van der Waals surface area contributed by atoms with Gasteiger partial charge in [0.2, 0.25) is 0 Å². The van der Waals surface area contributed by atoms with E-state index in [-0.39, 0.29) is 0 Å². The molecule has 0 atom stereocenters. The summed E-state index contributed by atoms with van der Waals surface area (Å²) >= 11 is 0. The number of benzene rings is 1. The van der Waals surface area contributed by atoms with Crippen LogP contribution < -0.4 is 10.1 Å². The largest absolute Gasteiger partial charge is 0.491 e. The first kappa shape index (κ1) is 12.4. The van der Waals surface area contributed by atoms with Crippen LogP contribution in [0.2, 0.25) is 0 Å². The molecule has 0 unspecified atom stereocenters. The first-order chi connectivity index (χ1) is 9.81. The van der Waals surface area contributed by atoms with Crippen LogP contribution >= 0.6 is 0 Å². The summed E-state index contributed by atoms with van der Waals surface area (Å²) in [6.07, 6.45) is 2.43.